The van der Waals surface area contributed by atoms with Gasteiger partial charge in [0, 0.05) is 13.1 Å². The Morgan fingerprint density at radius 2 is 2.00 bits per heavy atom. The zero-order valence-corrected chi connectivity index (χ0v) is 12.0. The van der Waals surface area contributed by atoms with Crippen molar-refractivity contribution in [3.63, 3.8) is 0 Å². The van der Waals surface area contributed by atoms with Crippen molar-refractivity contribution in [2.45, 2.75) is 44.3 Å². The summed E-state index contributed by atoms with van der Waals surface area (Å²) in [6, 6.07) is 7.51. The quantitative estimate of drug-likeness (QED) is 0.741. The standard InChI is InChI=1S/C16H21N3O2/c20-15-13(7-3-4-8-17-15)19-16(21)14-9-11-5-1-2-6-12(11)10-18-14/h1-2,5-6,13-14,18H,3-4,7-10H2,(H,17,20)(H,19,21)/t13?,14-/m1/s1. The van der Waals surface area contributed by atoms with Gasteiger partial charge in [0.2, 0.25) is 11.8 Å². The van der Waals surface area contributed by atoms with Crippen molar-refractivity contribution in [2.24, 2.45) is 0 Å². The lowest BCUT2D eigenvalue weighted by Crippen LogP contribution is -2.53. The molecule has 1 saturated heterocycles. The molecular formula is C16H21N3O2. The van der Waals surface area contributed by atoms with Crippen LogP contribution in [0.1, 0.15) is 30.4 Å². The van der Waals surface area contributed by atoms with Crippen LogP contribution in [0.25, 0.3) is 0 Å². The highest BCUT2D eigenvalue weighted by Crippen LogP contribution is 2.16. The molecule has 0 aliphatic carbocycles. The van der Waals surface area contributed by atoms with Gasteiger partial charge in [-0.2, -0.15) is 0 Å². The Hall–Kier alpha value is -1.88. The number of hydrogen-bond acceptors (Lipinski definition) is 3. The van der Waals surface area contributed by atoms with Gasteiger partial charge in [-0.05, 0) is 36.8 Å². The van der Waals surface area contributed by atoms with Crippen LogP contribution in [0.15, 0.2) is 24.3 Å². The third kappa shape index (κ3) is 3.24. The van der Waals surface area contributed by atoms with E-state index in [0.29, 0.717) is 19.5 Å². The van der Waals surface area contributed by atoms with E-state index >= 15 is 0 Å². The Balaban J connectivity index is 1.62. The molecule has 1 fully saturated rings. The molecule has 5 nitrogen and oxygen atoms in total. The molecule has 1 aromatic rings. The molecule has 2 aliphatic heterocycles. The summed E-state index contributed by atoms with van der Waals surface area (Å²) in [7, 11) is 0. The van der Waals surface area contributed by atoms with Crippen molar-refractivity contribution >= 4 is 11.8 Å². The zero-order valence-electron chi connectivity index (χ0n) is 12.0. The van der Waals surface area contributed by atoms with Crippen molar-refractivity contribution in [1.29, 1.82) is 0 Å². The molecule has 21 heavy (non-hydrogen) atoms. The van der Waals surface area contributed by atoms with Crippen LogP contribution >= 0.6 is 0 Å². The minimum Gasteiger partial charge on any atom is -0.354 e. The van der Waals surface area contributed by atoms with Gasteiger partial charge in [0.15, 0.2) is 0 Å². The SMILES string of the molecule is O=C1NCCCCC1NC(=O)[C@H]1Cc2ccccc2CN1. The fraction of sp³-hybridized carbons (Fsp3) is 0.500. The summed E-state index contributed by atoms with van der Waals surface area (Å²) in [6.07, 6.45) is 3.34. The number of hydrogen-bond donors (Lipinski definition) is 3. The third-order valence-electron chi connectivity index (χ3n) is 4.25. The molecule has 2 aliphatic rings. The lowest BCUT2D eigenvalue weighted by Gasteiger charge is -2.27. The molecule has 3 rings (SSSR count). The van der Waals surface area contributed by atoms with Crippen molar-refractivity contribution in [1.82, 2.24) is 16.0 Å². The average molecular weight is 287 g/mol. The van der Waals surface area contributed by atoms with E-state index in [1.807, 2.05) is 12.1 Å². The first-order chi connectivity index (χ1) is 10.2. The van der Waals surface area contributed by atoms with Gasteiger partial charge in [-0.15, -0.1) is 0 Å². The highest BCUT2D eigenvalue weighted by Gasteiger charge is 2.28. The highest BCUT2D eigenvalue weighted by molar-refractivity contribution is 5.90. The third-order valence-corrected chi connectivity index (χ3v) is 4.25. The number of carbonyl (C=O) groups excluding carboxylic acids is 2. The first-order valence-corrected chi connectivity index (χ1v) is 7.62. The fourth-order valence-electron chi connectivity index (χ4n) is 2.99. The summed E-state index contributed by atoms with van der Waals surface area (Å²) in [4.78, 5) is 24.3. The van der Waals surface area contributed by atoms with Crippen LogP contribution in [0.5, 0.6) is 0 Å². The topological polar surface area (TPSA) is 70.2 Å². The molecule has 0 saturated carbocycles. The maximum atomic E-state index is 12.4. The van der Waals surface area contributed by atoms with E-state index in [4.69, 9.17) is 0 Å². The molecule has 0 aromatic heterocycles. The van der Waals surface area contributed by atoms with Crippen LogP contribution in [0.3, 0.4) is 0 Å². The van der Waals surface area contributed by atoms with Gasteiger partial charge < -0.3 is 16.0 Å². The summed E-state index contributed by atoms with van der Waals surface area (Å²) in [5.41, 5.74) is 2.45. The highest BCUT2D eigenvalue weighted by atomic mass is 16.2. The maximum absolute atomic E-state index is 12.4. The largest absolute Gasteiger partial charge is 0.354 e. The van der Waals surface area contributed by atoms with Crippen LogP contribution in [0.4, 0.5) is 0 Å². The minimum absolute atomic E-state index is 0.0583. The van der Waals surface area contributed by atoms with Gasteiger partial charge in [0.1, 0.15) is 6.04 Å². The summed E-state index contributed by atoms with van der Waals surface area (Å²) in [6.45, 7) is 1.41. The average Bonchev–Trinajstić information content (AvgIpc) is 2.72. The van der Waals surface area contributed by atoms with E-state index < -0.39 is 0 Å². The van der Waals surface area contributed by atoms with Gasteiger partial charge >= 0.3 is 0 Å². The number of rotatable bonds is 2. The number of nitrogens with one attached hydrogen (secondary N) is 3. The Bertz CT molecular complexity index is 544. The molecule has 1 unspecified atom stereocenters. The Kier molecular flexibility index (Phi) is 4.20. The smallest absolute Gasteiger partial charge is 0.242 e. The molecule has 0 radical (unpaired) electrons. The number of benzene rings is 1. The van der Waals surface area contributed by atoms with Crippen LogP contribution in [0.2, 0.25) is 0 Å². The molecule has 0 spiro atoms. The Morgan fingerprint density at radius 3 is 2.86 bits per heavy atom. The van der Waals surface area contributed by atoms with Crippen molar-refractivity contribution in [3.05, 3.63) is 35.4 Å². The number of amides is 2. The normalized spacial score (nSPS) is 25.4. The second kappa shape index (κ2) is 6.26. The molecule has 2 amide bonds. The second-order valence-corrected chi connectivity index (χ2v) is 5.75. The second-order valence-electron chi connectivity index (χ2n) is 5.75. The summed E-state index contributed by atoms with van der Waals surface area (Å²) >= 11 is 0. The molecular weight excluding hydrogens is 266 g/mol. The van der Waals surface area contributed by atoms with Gasteiger partial charge in [0.05, 0.1) is 6.04 Å². The molecule has 3 N–H and O–H groups in total. The first kappa shape index (κ1) is 14.1. The van der Waals surface area contributed by atoms with Crippen LogP contribution in [-0.4, -0.2) is 30.4 Å². The van der Waals surface area contributed by atoms with E-state index in [1.54, 1.807) is 0 Å². The summed E-state index contributed by atoms with van der Waals surface area (Å²) < 4.78 is 0. The fourth-order valence-corrected chi connectivity index (χ4v) is 2.99. The molecule has 2 atom stereocenters. The summed E-state index contributed by atoms with van der Waals surface area (Å²) in [5.74, 6) is -0.136. The van der Waals surface area contributed by atoms with Crippen LogP contribution in [0, 0.1) is 0 Å². The zero-order chi connectivity index (χ0) is 14.7. The molecule has 112 valence electrons. The monoisotopic (exact) mass is 287 g/mol. The Labute approximate surface area is 124 Å². The van der Waals surface area contributed by atoms with Gasteiger partial charge in [-0.1, -0.05) is 24.3 Å². The summed E-state index contributed by atoms with van der Waals surface area (Å²) in [5, 5.41) is 8.99. The maximum Gasteiger partial charge on any atom is 0.242 e. The van der Waals surface area contributed by atoms with Crippen LogP contribution in [-0.2, 0) is 22.6 Å². The van der Waals surface area contributed by atoms with Crippen LogP contribution < -0.4 is 16.0 Å². The minimum atomic E-state index is -0.390. The number of fused-ring (bicyclic) bond motifs is 1. The van der Waals surface area contributed by atoms with Crippen molar-refractivity contribution in [3.8, 4) is 0 Å². The lowest BCUT2D eigenvalue weighted by atomic mass is 9.95. The lowest BCUT2D eigenvalue weighted by molar-refractivity contribution is -0.130. The van der Waals surface area contributed by atoms with Gasteiger partial charge in [0.25, 0.3) is 0 Å². The Morgan fingerprint density at radius 1 is 1.19 bits per heavy atom. The van der Waals surface area contributed by atoms with Crippen molar-refractivity contribution in [2.75, 3.05) is 6.54 Å². The first-order valence-electron chi connectivity index (χ1n) is 7.62. The molecule has 1 aromatic carbocycles. The van der Waals surface area contributed by atoms with E-state index in [-0.39, 0.29) is 23.9 Å². The predicted octanol–water partition coefficient (Wildman–Crippen LogP) is 0.486. The molecule has 5 heteroatoms. The predicted molar refractivity (Wildman–Crippen MR) is 79.6 cm³/mol. The molecule has 0 bridgehead atoms. The van der Waals surface area contributed by atoms with Gasteiger partial charge in [-0.25, -0.2) is 0 Å². The molecule has 2 heterocycles. The van der Waals surface area contributed by atoms with Crippen molar-refractivity contribution < 1.29 is 9.59 Å². The number of carbonyl (C=O) groups is 2. The van der Waals surface area contributed by atoms with E-state index in [1.165, 1.54) is 11.1 Å². The van der Waals surface area contributed by atoms with Gasteiger partial charge in [-0.3, -0.25) is 9.59 Å². The van der Waals surface area contributed by atoms with E-state index in [2.05, 4.69) is 28.1 Å². The van der Waals surface area contributed by atoms with E-state index in [9.17, 15) is 9.59 Å². The van der Waals surface area contributed by atoms with E-state index in [0.717, 1.165) is 19.3 Å².